The normalized spacial score (nSPS) is 10.9. The molecule has 4 aromatic rings. The summed E-state index contributed by atoms with van der Waals surface area (Å²) in [7, 11) is 0.693. The van der Waals surface area contributed by atoms with E-state index in [0.717, 1.165) is 6.20 Å². The molecule has 2 aromatic heterocycles. The van der Waals surface area contributed by atoms with Crippen LogP contribution >= 0.6 is 0 Å². The zero-order valence-electron chi connectivity index (χ0n) is 20.0. The molecular weight excluding hydrogens is 503 g/mol. The average molecular weight is 527 g/mol. The van der Waals surface area contributed by atoms with Crippen LogP contribution in [0.1, 0.15) is 0 Å². The van der Waals surface area contributed by atoms with Crippen molar-refractivity contribution >= 4 is 38.9 Å². The number of nitrogens with one attached hydrogen (secondary N) is 3. The minimum absolute atomic E-state index is 0.0346. The maximum atomic E-state index is 14.5. The molecular formula is C24H23FN6O5S. The number of sulfonamides is 1. The standard InChI is InChI=1S/C24H23FN6O5S/c1-34-20-11-17(12-21(35-2)22(20)36-3)29-24-27-14-19(25)23(30-24)28-15-6-8-16(9-7-15)31-37(32,33)18-5-4-10-26-13-18/h4-14,31H,1-3H3,(H2,27,28,29,30). The summed E-state index contributed by atoms with van der Waals surface area (Å²) in [6.45, 7) is 0. The van der Waals surface area contributed by atoms with Crippen LogP contribution in [0.4, 0.5) is 33.2 Å². The first-order valence-corrected chi connectivity index (χ1v) is 12.2. The van der Waals surface area contributed by atoms with Crippen LogP contribution in [0.15, 0.2) is 72.0 Å². The van der Waals surface area contributed by atoms with Gasteiger partial charge in [-0.15, -0.1) is 0 Å². The highest BCUT2D eigenvalue weighted by Gasteiger charge is 2.16. The van der Waals surface area contributed by atoms with Gasteiger partial charge in [-0.1, -0.05) is 0 Å². The Kier molecular flexibility index (Phi) is 7.53. The summed E-state index contributed by atoms with van der Waals surface area (Å²) < 4.78 is 57.8. The van der Waals surface area contributed by atoms with Crippen molar-refractivity contribution in [1.29, 1.82) is 0 Å². The van der Waals surface area contributed by atoms with Crippen LogP contribution in [0.3, 0.4) is 0 Å². The number of aromatic nitrogens is 3. The fraction of sp³-hybridized carbons (Fsp3) is 0.125. The Labute approximate surface area is 212 Å². The molecule has 0 bridgehead atoms. The topological polar surface area (TPSA) is 137 Å². The minimum Gasteiger partial charge on any atom is -0.493 e. The molecule has 0 unspecified atom stereocenters. The van der Waals surface area contributed by atoms with Crippen molar-refractivity contribution in [3.8, 4) is 17.2 Å². The molecule has 0 aliphatic carbocycles. The van der Waals surface area contributed by atoms with Crippen molar-refractivity contribution in [2.45, 2.75) is 4.90 Å². The van der Waals surface area contributed by atoms with E-state index in [1.54, 1.807) is 24.3 Å². The number of benzene rings is 2. The fourth-order valence-corrected chi connectivity index (χ4v) is 4.30. The largest absolute Gasteiger partial charge is 0.493 e. The van der Waals surface area contributed by atoms with E-state index in [1.807, 2.05) is 0 Å². The lowest BCUT2D eigenvalue weighted by atomic mass is 10.2. The van der Waals surface area contributed by atoms with Gasteiger partial charge in [-0.2, -0.15) is 4.98 Å². The molecule has 0 spiro atoms. The van der Waals surface area contributed by atoms with E-state index < -0.39 is 15.8 Å². The highest BCUT2D eigenvalue weighted by Crippen LogP contribution is 2.40. The van der Waals surface area contributed by atoms with E-state index in [4.69, 9.17) is 14.2 Å². The molecule has 4 rings (SSSR count). The van der Waals surface area contributed by atoms with Gasteiger partial charge in [0.05, 0.1) is 27.5 Å². The fourth-order valence-electron chi connectivity index (χ4n) is 3.28. The average Bonchev–Trinajstić information content (AvgIpc) is 2.91. The predicted molar refractivity (Wildman–Crippen MR) is 136 cm³/mol. The van der Waals surface area contributed by atoms with Crippen LogP contribution in [0, 0.1) is 5.82 Å². The van der Waals surface area contributed by atoms with Crippen LogP contribution < -0.4 is 29.6 Å². The molecule has 37 heavy (non-hydrogen) atoms. The summed E-state index contributed by atoms with van der Waals surface area (Å²) in [5.41, 5.74) is 1.32. The van der Waals surface area contributed by atoms with Gasteiger partial charge in [0.15, 0.2) is 23.1 Å². The molecule has 0 amide bonds. The van der Waals surface area contributed by atoms with Crippen molar-refractivity contribution in [1.82, 2.24) is 15.0 Å². The summed E-state index contributed by atoms with van der Waals surface area (Å²) in [6.07, 6.45) is 3.75. The quantitative estimate of drug-likeness (QED) is 0.274. The van der Waals surface area contributed by atoms with Gasteiger partial charge >= 0.3 is 0 Å². The van der Waals surface area contributed by atoms with Crippen LogP contribution in [-0.4, -0.2) is 44.7 Å². The Morgan fingerprint density at radius 2 is 1.51 bits per heavy atom. The maximum absolute atomic E-state index is 14.5. The molecule has 0 aliphatic rings. The Morgan fingerprint density at radius 1 is 0.838 bits per heavy atom. The number of pyridine rings is 1. The van der Waals surface area contributed by atoms with Gasteiger partial charge in [0.1, 0.15) is 4.90 Å². The molecule has 3 N–H and O–H groups in total. The van der Waals surface area contributed by atoms with Gasteiger partial charge in [0.2, 0.25) is 11.7 Å². The maximum Gasteiger partial charge on any atom is 0.263 e. The van der Waals surface area contributed by atoms with Crippen molar-refractivity contribution in [2.24, 2.45) is 0 Å². The second-order valence-corrected chi connectivity index (χ2v) is 9.11. The van der Waals surface area contributed by atoms with E-state index >= 15 is 0 Å². The Balaban J connectivity index is 1.50. The Bertz CT molecular complexity index is 1460. The lowest BCUT2D eigenvalue weighted by molar-refractivity contribution is 0.324. The van der Waals surface area contributed by atoms with E-state index in [-0.39, 0.29) is 16.7 Å². The van der Waals surface area contributed by atoms with Gasteiger partial charge in [0.25, 0.3) is 10.0 Å². The smallest absolute Gasteiger partial charge is 0.263 e. The summed E-state index contributed by atoms with van der Waals surface area (Å²) >= 11 is 0. The lowest BCUT2D eigenvalue weighted by Crippen LogP contribution is -2.13. The summed E-state index contributed by atoms with van der Waals surface area (Å²) in [4.78, 5) is 12.0. The third-order valence-corrected chi connectivity index (χ3v) is 6.38. The van der Waals surface area contributed by atoms with E-state index in [2.05, 4.69) is 30.3 Å². The minimum atomic E-state index is -3.79. The van der Waals surface area contributed by atoms with Crippen LogP contribution in [0.25, 0.3) is 0 Å². The van der Waals surface area contributed by atoms with Crippen LogP contribution in [0.2, 0.25) is 0 Å². The summed E-state index contributed by atoms with van der Waals surface area (Å²) in [5, 5.41) is 5.84. The molecule has 2 aromatic carbocycles. The SMILES string of the molecule is COc1cc(Nc2ncc(F)c(Nc3ccc(NS(=O)(=O)c4cccnc4)cc3)n2)cc(OC)c1OC. The number of halogens is 1. The Morgan fingerprint density at radius 3 is 2.11 bits per heavy atom. The number of hydrogen-bond acceptors (Lipinski definition) is 10. The number of nitrogens with zero attached hydrogens (tertiary/aromatic N) is 3. The highest BCUT2D eigenvalue weighted by molar-refractivity contribution is 7.92. The van der Waals surface area contributed by atoms with Gasteiger partial charge in [0, 0.05) is 41.6 Å². The predicted octanol–water partition coefficient (Wildman–Crippen LogP) is 4.32. The third kappa shape index (κ3) is 5.95. The molecule has 13 heteroatoms. The summed E-state index contributed by atoms with van der Waals surface area (Å²) in [6, 6.07) is 12.5. The third-order valence-electron chi connectivity index (χ3n) is 5.01. The molecule has 0 aliphatic heterocycles. The molecule has 0 radical (unpaired) electrons. The second kappa shape index (κ2) is 11.0. The second-order valence-electron chi connectivity index (χ2n) is 7.43. The number of rotatable bonds is 10. The van der Waals surface area contributed by atoms with Gasteiger partial charge in [-0.05, 0) is 36.4 Å². The van der Waals surface area contributed by atoms with Gasteiger partial charge in [-0.3, -0.25) is 9.71 Å². The van der Waals surface area contributed by atoms with Gasteiger partial charge < -0.3 is 24.8 Å². The molecule has 0 saturated carbocycles. The molecule has 192 valence electrons. The number of hydrogen-bond donors (Lipinski definition) is 3. The van der Waals surface area contributed by atoms with E-state index in [9.17, 15) is 12.8 Å². The van der Waals surface area contributed by atoms with Crippen molar-refractivity contribution in [2.75, 3.05) is 36.7 Å². The number of methoxy groups -OCH3 is 3. The van der Waals surface area contributed by atoms with Crippen molar-refractivity contribution in [3.05, 3.63) is 72.9 Å². The zero-order chi connectivity index (χ0) is 26.4. The first-order valence-electron chi connectivity index (χ1n) is 10.7. The van der Waals surface area contributed by atoms with Crippen molar-refractivity contribution in [3.63, 3.8) is 0 Å². The van der Waals surface area contributed by atoms with Crippen molar-refractivity contribution < 1.29 is 27.0 Å². The van der Waals surface area contributed by atoms with Crippen LogP contribution in [-0.2, 0) is 10.0 Å². The molecule has 0 fully saturated rings. The molecule has 11 nitrogen and oxygen atoms in total. The van der Waals surface area contributed by atoms with E-state index in [1.165, 1.54) is 58.0 Å². The first kappa shape index (κ1) is 25.4. The zero-order valence-corrected chi connectivity index (χ0v) is 20.8. The molecule has 2 heterocycles. The molecule has 0 saturated heterocycles. The Hall–Kier alpha value is -4.65. The summed E-state index contributed by atoms with van der Waals surface area (Å²) in [5.74, 6) is 0.599. The highest BCUT2D eigenvalue weighted by atomic mass is 32.2. The number of ether oxygens (including phenoxy) is 3. The first-order chi connectivity index (χ1) is 17.8. The lowest BCUT2D eigenvalue weighted by Gasteiger charge is -2.15. The monoisotopic (exact) mass is 526 g/mol. The van der Waals surface area contributed by atoms with Crippen LogP contribution in [0.5, 0.6) is 17.2 Å². The molecule has 0 atom stereocenters. The van der Waals surface area contributed by atoms with Gasteiger partial charge in [-0.25, -0.2) is 17.8 Å². The number of anilines is 5. The van der Waals surface area contributed by atoms with E-state index in [0.29, 0.717) is 34.3 Å².